The topological polar surface area (TPSA) is 51.8 Å². The molecular weight excluding hydrogens is 202 g/mol. The molecule has 1 aromatic heterocycles. The van der Waals surface area contributed by atoms with Crippen LogP contribution < -0.4 is 5.73 Å². The zero-order chi connectivity index (χ0) is 9.26. The molecule has 0 spiro atoms. The highest BCUT2D eigenvalue weighted by Gasteiger charge is 2.31. The first-order chi connectivity index (χ1) is 6.27. The zero-order valence-electron chi connectivity index (χ0n) is 7.51. The second kappa shape index (κ2) is 3.94. The summed E-state index contributed by atoms with van der Waals surface area (Å²) in [5.74, 6) is 0.605. The highest BCUT2D eigenvalue weighted by molar-refractivity contribution is 8.01. The third kappa shape index (κ3) is 2.03. The molecule has 5 heteroatoms. The molecule has 3 unspecified atom stereocenters. The van der Waals surface area contributed by atoms with Gasteiger partial charge in [-0.2, -0.15) is 4.37 Å². The summed E-state index contributed by atoms with van der Waals surface area (Å²) in [6.45, 7) is 2.23. The third-order valence-electron chi connectivity index (χ3n) is 2.64. The predicted octanol–water partition coefficient (Wildman–Crippen LogP) is 1.76. The molecule has 3 atom stereocenters. The lowest BCUT2D eigenvalue weighted by atomic mass is 10.1. The number of nitrogens with two attached hydrogens (primary N) is 1. The van der Waals surface area contributed by atoms with Crippen LogP contribution in [0.1, 0.15) is 19.8 Å². The maximum absolute atomic E-state index is 5.95. The Hall–Kier alpha value is -0.130. The Morgan fingerprint density at radius 1 is 1.62 bits per heavy atom. The Balaban J connectivity index is 1.96. The van der Waals surface area contributed by atoms with Crippen molar-refractivity contribution in [3.05, 3.63) is 6.33 Å². The van der Waals surface area contributed by atoms with E-state index in [4.69, 9.17) is 5.73 Å². The van der Waals surface area contributed by atoms with Crippen molar-refractivity contribution < 1.29 is 0 Å². The van der Waals surface area contributed by atoms with Crippen LogP contribution >= 0.6 is 23.3 Å². The maximum atomic E-state index is 5.95. The number of aromatic nitrogens is 2. The fourth-order valence-electron chi connectivity index (χ4n) is 1.67. The quantitative estimate of drug-likeness (QED) is 0.816. The molecule has 0 radical (unpaired) electrons. The van der Waals surface area contributed by atoms with E-state index in [2.05, 4.69) is 16.3 Å². The molecule has 0 bridgehead atoms. The molecule has 0 aromatic carbocycles. The van der Waals surface area contributed by atoms with Crippen molar-refractivity contribution in [1.82, 2.24) is 9.36 Å². The highest BCUT2D eigenvalue weighted by atomic mass is 32.2. The Kier molecular flexibility index (Phi) is 2.86. The molecule has 0 saturated heterocycles. The van der Waals surface area contributed by atoms with Crippen molar-refractivity contribution in [3.8, 4) is 0 Å². The van der Waals surface area contributed by atoms with E-state index in [1.807, 2.05) is 11.8 Å². The number of hydrogen-bond donors (Lipinski definition) is 1. The van der Waals surface area contributed by atoms with E-state index >= 15 is 0 Å². The molecule has 1 aromatic rings. The smallest absolute Gasteiger partial charge is 0.170 e. The van der Waals surface area contributed by atoms with Gasteiger partial charge in [0.15, 0.2) is 4.34 Å². The van der Waals surface area contributed by atoms with Gasteiger partial charge in [-0.05, 0) is 30.3 Å². The summed E-state index contributed by atoms with van der Waals surface area (Å²) in [5, 5.41) is 0.642. The van der Waals surface area contributed by atoms with Crippen LogP contribution in [0.2, 0.25) is 0 Å². The molecule has 3 nitrogen and oxygen atoms in total. The fourth-order valence-corrected chi connectivity index (χ4v) is 3.66. The minimum absolute atomic E-state index is 0.380. The van der Waals surface area contributed by atoms with Gasteiger partial charge in [0.25, 0.3) is 0 Å². The summed E-state index contributed by atoms with van der Waals surface area (Å²) in [5.41, 5.74) is 5.95. The molecule has 72 valence electrons. The molecule has 1 aliphatic rings. The lowest BCUT2D eigenvalue weighted by molar-refractivity contribution is 0.535. The van der Waals surface area contributed by atoms with Crippen LogP contribution in [-0.4, -0.2) is 20.6 Å². The lowest BCUT2D eigenvalue weighted by Crippen LogP contribution is -2.25. The van der Waals surface area contributed by atoms with E-state index in [-0.39, 0.29) is 0 Å². The zero-order valence-corrected chi connectivity index (χ0v) is 9.14. The molecule has 2 N–H and O–H groups in total. The van der Waals surface area contributed by atoms with Crippen molar-refractivity contribution in [3.63, 3.8) is 0 Å². The fraction of sp³-hybridized carbons (Fsp3) is 0.750. The van der Waals surface area contributed by atoms with Crippen molar-refractivity contribution >= 4 is 23.3 Å². The summed E-state index contributed by atoms with van der Waals surface area (Å²) in [6, 6.07) is 0.380. The van der Waals surface area contributed by atoms with E-state index in [9.17, 15) is 0 Å². The summed E-state index contributed by atoms with van der Waals surface area (Å²) in [6.07, 6.45) is 3.98. The molecule has 2 rings (SSSR count). The van der Waals surface area contributed by atoms with E-state index < -0.39 is 0 Å². The van der Waals surface area contributed by atoms with Gasteiger partial charge in [-0.3, -0.25) is 0 Å². The molecule has 0 aliphatic heterocycles. The van der Waals surface area contributed by atoms with Crippen LogP contribution in [0, 0.1) is 5.92 Å². The van der Waals surface area contributed by atoms with E-state index in [0.717, 1.165) is 10.8 Å². The van der Waals surface area contributed by atoms with Gasteiger partial charge in [-0.15, -0.1) is 0 Å². The number of hydrogen-bond acceptors (Lipinski definition) is 5. The minimum Gasteiger partial charge on any atom is -0.327 e. The van der Waals surface area contributed by atoms with Gasteiger partial charge in [-0.25, -0.2) is 4.98 Å². The predicted molar refractivity (Wildman–Crippen MR) is 55.9 cm³/mol. The van der Waals surface area contributed by atoms with Crippen LogP contribution in [0.3, 0.4) is 0 Å². The molecule has 1 heterocycles. The van der Waals surface area contributed by atoms with Gasteiger partial charge in [0.2, 0.25) is 0 Å². The van der Waals surface area contributed by atoms with Gasteiger partial charge < -0.3 is 5.73 Å². The van der Waals surface area contributed by atoms with Crippen molar-refractivity contribution in [1.29, 1.82) is 0 Å². The molecule has 0 amide bonds. The Labute approximate surface area is 86.3 Å². The molecule has 1 fully saturated rings. The largest absolute Gasteiger partial charge is 0.327 e. The summed E-state index contributed by atoms with van der Waals surface area (Å²) < 4.78 is 5.06. The van der Waals surface area contributed by atoms with Crippen molar-refractivity contribution in [2.24, 2.45) is 11.7 Å². The summed E-state index contributed by atoms with van der Waals surface area (Å²) in [7, 11) is 0. The van der Waals surface area contributed by atoms with Crippen LogP contribution in [0.5, 0.6) is 0 Å². The van der Waals surface area contributed by atoms with Crippen molar-refractivity contribution in [2.75, 3.05) is 0 Å². The molecular formula is C8H13N3S2. The Morgan fingerprint density at radius 2 is 2.46 bits per heavy atom. The first-order valence-electron chi connectivity index (χ1n) is 4.46. The van der Waals surface area contributed by atoms with Gasteiger partial charge in [0.1, 0.15) is 6.33 Å². The van der Waals surface area contributed by atoms with E-state index in [1.165, 1.54) is 18.0 Å². The monoisotopic (exact) mass is 215 g/mol. The normalized spacial score (nSPS) is 33.8. The van der Waals surface area contributed by atoms with Crippen LogP contribution in [-0.2, 0) is 0 Å². The second-order valence-electron chi connectivity index (χ2n) is 3.46. The lowest BCUT2D eigenvalue weighted by Gasteiger charge is -2.15. The van der Waals surface area contributed by atoms with Crippen molar-refractivity contribution in [2.45, 2.75) is 35.4 Å². The molecule has 1 aliphatic carbocycles. The Bertz CT molecular complexity index is 262. The average Bonchev–Trinajstić information content (AvgIpc) is 2.71. The maximum Gasteiger partial charge on any atom is 0.170 e. The molecule has 1 saturated carbocycles. The van der Waals surface area contributed by atoms with Gasteiger partial charge in [-0.1, -0.05) is 18.7 Å². The van der Waals surface area contributed by atoms with E-state index in [0.29, 0.717) is 17.2 Å². The van der Waals surface area contributed by atoms with Crippen LogP contribution in [0.4, 0.5) is 0 Å². The number of nitrogens with zero attached hydrogens (tertiary/aromatic N) is 2. The van der Waals surface area contributed by atoms with Crippen LogP contribution in [0.15, 0.2) is 10.7 Å². The first-order valence-corrected chi connectivity index (χ1v) is 6.11. The third-order valence-corrected chi connectivity index (χ3v) is 4.89. The number of rotatable bonds is 2. The van der Waals surface area contributed by atoms with Gasteiger partial charge >= 0.3 is 0 Å². The first kappa shape index (κ1) is 9.43. The summed E-state index contributed by atoms with van der Waals surface area (Å²) >= 11 is 3.31. The van der Waals surface area contributed by atoms with Gasteiger partial charge in [0.05, 0.1) is 0 Å². The minimum atomic E-state index is 0.380. The van der Waals surface area contributed by atoms with E-state index in [1.54, 1.807) is 6.33 Å². The second-order valence-corrected chi connectivity index (χ2v) is 5.73. The Morgan fingerprint density at radius 3 is 3.00 bits per heavy atom. The summed E-state index contributed by atoms with van der Waals surface area (Å²) in [4.78, 5) is 4.17. The van der Waals surface area contributed by atoms with Crippen LogP contribution in [0.25, 0.3) is 0 Å². The standard InChI is InChI=1S/C8H13N3S2/c1-5-6(9)2-3-7(5)12-8-10-4-11-13-8/h4-7H,2-3,9H2,1H3. The van der Waals surface area contributed by atoms with Gasteiger partial charge in [0, 0.05) is 11.3 Å². The SMILES string of the molecule is CC1C(N)CCC1Sc1ncns1. The molecule has 13 heavy (non-hydrogen) atoms. The highest BCUT2D eigenvalue weighted by Crippen LogP contribution is 2.38. The number of thioether (sulfide) groups is 1. The average molecular weight is 215 g/mol.